The number of rotatable bonds is 4. The minimum atomic E-state index is 0.480. The van der Waals surface area contributed by atoms with E-state index in [0.29, 0.717) is 17.1 Å². The largest absolute Gasteiger partial charge is 0.352 e. The van der Waals surface area contributed by atoms with E-state index in [9.17, 15) is 0 Å². The summed E-state index contributed by atoms with van der Waals surface area (Å²) in [5, 5.41) is 0.618. The van der Waals surface area contributed by atoms with Crippen molar-refractivity contribution in [1.29, 1.82) is 0 Å². The first-order valence-corrected chi connectivity index (χ1v) is 7.93. The lowest BCUT2D eigenvalue weighted by atomic mass is 10.2. The second-order valence-corrected chi connectivity index (χ2v) is 6.42. The van der Waals surface area contributed by atoms with Crippen molar-refractivity contribution < 1.29 is 0 Å². The summed E-state index contributed by atoms with van der Waals surface area (Å²) in [4.78, 5) is 11.5. The van der Waals surface area contributed by atoms with Crippen LogP contribution in [-0.2, 0) is 6.42 Å². The van der Waals surface area contributed by atoms with Crippen LogP contribution < -0.4 is 16.2 Å². The summed E-state index contributed by atoms with van der Waals surface area (Å²) in [7, 11) is 0. The molecule has 0 bridgehead atoms. The summed E-state index contributed by atoms with van der Waals surface area (Å²) in [5.74, 6) is 9.21. The predicted octanol–water partition coefficient (Wildman–Crippen LogP) is 2.04. The summed E-state index contributed by atoms with van der Waals surface area (Å²) in [6, 6.07) is 2.42. The van der Waals surface area contributed by atoms with Gasteiger partial charge in [0.1, 0.15) is 17.5 Å². The molecular weight excluding hydrogens is 258 g/mol. The Labute approximate surface area is 119 Å². The van der Waals surface area contributed by atoms with Crippen LogP contribution in [0.4, 0.5) is 11.6 Å². The van der Waals surface area contributed by atoms with Gasteiger partial charge < -0.3 is 10.3 Å². The normalized spacial score (nSPS) is 23.5. The molecule has 1 aromatic rings. The second kappa shape index (κ2) is 6.43. The minimum Gasteiger partial charge on any atom is -0.352 e. The number of thioether (sulfide) groups is 1. The average molecular weight is 281 g/mol. The highest BCUT2D eigenvalue weighted by Gasteiger charge is 2.26. The molecule has 0 aromatic carbocycles. The van der Waals surface area contributed by atoms with Crippen LogP contribution in [0.15, 0.2) is 6.07 Å². The molecule has 0 amide bonds. The van der Waals surface area contributed by atoms with Gasteiger partial charge >= 0.3 is 0 Å². The lowest BCUT2D eigenvalue weighted by Gasteiger charge is -2.38. The van der Waals surface area contributed by atoms with Gasteiger partial charge in [-0.15, -0.1) is 0 Å². The van der Waals surface area contributed by atoms with Crippen LogP contribution in [0.5, 0.6) is 0 Å². The van der Waals surface area contributed by atoms with E-state index in [-0.39, 0.29) is 0 Å². The first kappa shape index (κ1) is 14.4. The molecule has 0 spiro atoms. The van der Waals surface area contributed by atoms with Crippen LogP contribution in [0.2, 0.25) is 0 Å². The quantitative estimate of drug-likeness (QED) is 0.650. The first-order valence-electron chi connectivity index (χ1n) is 6.88. The van der Waals surface area contributed by atoms with Crippen LogP contribution in [0, 0.1) is 0 Å². The standard InChI is InChI=1S/C13H23N5S/c1-4-5-11-15-12(17-14)8-13(16-11)18-6-7-19-10(3)9(18)2/h8-10H,4-7,14H2,1-3H3,(H,15,16,17). The second-order valence-electron chi connectivity index (χ2n) is 4.93. The van der Waals surface area contributed by atoms with Gasteiger partial charge in [0.05, 0.1) is 0 Å². The smallest absolute Gasteiger partial charge is 0.145 e. The van der Waals surface area contributed by atoms with E-state index in [2.05, 4.69) is 41.1 Å². The van der Waals surface area contributed by atoms with E-state index >= 15 is 0 Å². The van der Waals surface area contributed by atoms with Gasteiger partial charge in [-0.25, -0.2) is 15.8 Å². The van der Waals surface area contributed by atoms with Crippen LogP contribution in [0.3, 0.4) is 0 Å². The van der Waals surface area contributed by atoms with Crippen LogP contribution in [0.25, 0.3) is 0 Å². The fourth-order valence-corrected chi connectivity index (χ4v) is 3.40. The van der Waals surface area contributed by atoms with E-state index in [1.165, 1.54) is 0 Å². The molecule has 1 fully saturated rings. The number of aromatic nitrogens is 2. The molecule has 0 radical (unpaired) electrons. The zero-order valence-electron chi connectivity index (χ0n) is 11.9. The van der Waals surface area contributed by atoms with Crippen LogP contribution in [-0.4, -0.2) is 33.6 Å². The van der Waals surface area contributed by atoms with Gasteiger partial charge in [-0.05, 0) is 13.3 Å². The number of hydrogen-bond donors (Lipinski definition) is 2. The summed E-state index contributed by atoms with van der Waals surface area (Å²) in [6.07, 6.45) is 1.92. The number of nitrogens with zero attached hydrogens (tertiary/aromatic N) is 3. The monoisotopic (exact) mass is 281 g/mol. The molecule has 2 rings (SSSR count). The Morgan fingerprint density at radius 3 is 2.95 bits per heavy atom. The fourth-order valence-electron chi connectivity index (χ4n) is 2.30. The van der Waals surface area contributed by atoms with Crippen molar-refractivity contribution in [2.24, 2.45) is 5.84 Å². The molecule has 1 aromatic heterocycles. The molecule has 0 aliphatic carbocycles. The molecule has 1 aliphatic heterocycles. The maximum Gasteiger partial charge on any atom is 0.145 e. The maximum absolute atomic E-state index is 5.51. The Kier molecular flexibility index (Phi) is 4.87. The molecule has 2 unspecified atom stereocenters. The Bertz CT molecular complexity index is 425. The van der Waals surface area contributed by atoms with Crippen LogP contribution in [0.1, 0.15) is 33.0 Å². The van der Waals surface area contributed by atoms with E-state index in [4.69, 9.17) is 5.84 Å². The number of nitrogens with one attached hydrogen (secondary N) is 1. The Morgan fingerprint density at radius 1 is 1.47 bits per heavy atom. The van der Waals surface area contributed by atoms with E-state index in [1.54, 1.807) is 0 Å². The third-order valence-corrected chi connectivity index (χ3v) is 4.90. The number of hydrazine groups is 1. The van der Waals surface area contributed by atoms with Gasteiger partial charge in [-0.2, -0.15) is 11.8 Å². The maximum atomic E-state index is 5.51. The molecular formula is C13H23N5S. The van der Waals surface area contributed by atoms with Crippen molar-refractivity contribution in [2.75, 3.05) is 22.6 Å². The fraction of sp³-hybridized carbons (Fsp3) is 0.692. The van der Waals surface area contributed by atoms with Crippen molar-refractivity contribution in [2.45, 2.75) is 44.9 Å². The van der Waals surface area contributed by atoms with Crippen LogP contribution >= 0.6 is 11.8 Å². The van der Waals surface area contributed by atoms with Gasteiger partial charge in [0.15, 0.2) is 0 Å². The first-order chi connectivity index (χ1) is 9.15. The lowest BCUT2D eigenvalue weighted by Crippen LogP contribution is -2.45. The Morgan fingerprint density at radius 2 is 2.26 bits per heavy atom. The molecule has 1 saturated heterocycles. The zero-order valence-corrected chi connectivity index (χ0v) is 12.7. The molecule has 3 N–H and O–H groups in total. The SMILES string of the molecule is CCCc1nc(NN)cc(N2CCSC(C)C2C)n1. The molecule has 2 heterocycles. The molecule has 106 valence electrons. The van der Waals surface area contributed by atoms with Crippen molar-refractivity contribution >= 4 is 23.4 Å². The van der Waals surface area contributed by atoms with E-state index < -0.39 is 0 Å². The number of hydrogen-bond acceptors (Lipinski definition) is 6. The average Bonchev–Trinajstić information content (AvgIpc) is 2.42. The van der Waals surface area contributed by atoms with Crippen molar-refractivity contribution in [3.05, 3.63) is 11.9 Å². The van der Waals surface area contributed by atoms with E-state index in [1.807, 2.05) is 17.8 Å². The number of nitrogen functional groups attached to an aromatic ring is 1. The lowest BCUT2D eigenvalue weighted by molar-refractivity contribution is 0.617. The summed E-state index contributed by atoms with van der Waals surface area (Å²) < 4.78 is 0. The summed E-state index contributed by atoms with van der Waals surface area (Å²) in [5.41, 5.74) is 2.65. The molecule has 0 saturated carbocycles. The topological polar surface area (TPSA) is 67.1 Å². The Hall–Kier alpha value is -1.01. The third-order valence-electron chi connectivity index (χ3n) is 3.56. The van der Waals surface area contributed by atoms with Crippen molar-refractivity contribution in [3.63, 3.8) is 0 Å². The number of anilines is 2. The number of nitrogens with two attached hydrogens (primary N) is 1. The van der Waals surface area contributed by atoms with Gasteiger partial charge in [0.2, 0.25) is 0 Å². The van der Waals surface area contributed by atoms with Crippen molar-refractivity contribution in [1.82, 2.24) is 9.97 Å². The van der Waals surface area contributed by atoms with E-state index in [0.717, 1.165) is 36.8 Å². The molecule has 1 aliphatic rings. The number of aryl methyl sites for hydroxylation is 1. The molecule has 19 heavy (non-hydrogen) atoms. The minimum absolute atomic E-state index is 0.480. The Balaban J connectivity index is 2.29. The zero-order chi connectivity index (χ0) is 13.8. The highest BCUT2D eigenvalue weighted by atomic mass is 32.2. The van der Waals surface area contributed by atoms with Gasteiger partial charge in [0.25, 0.3) is 0 Å². The predicted molar refractivity (Wildman–Crippen MR) is 82.6 cm³/mol. The molecule has 6 heteroatoms. The molecule has 2 atom stereocenters. The molecule has 5 nitrogen and oxygen atoms in total. The van der Waals surface area contributed by atoms with Gasteiger partial charge in [-0.1, -0.05) is 13.8 Å². The summed E-state index contributed by atoms with van der Waals surface area (Å²) >= 11 is 2.02. The summed E-state index contributed by atoms with van der Waals surface area (Å²) in [6.45, 7) is 7.70. The van der Waals surface area contributed by atoms with Gasteiger partial charge in [0, 0.05) is 36.1 Å². The van der Waals surface area contributed by atoms with Gasteiger partial charge in [-0.3, -0.25) is 0 Å². The van der Waals surface area contributed by atoms with Crippen molar-refractivity contribution in [3.8, 4) is 0 Å². The highest BCUT2D eigenvalue weighted by molar-refractivity contribution is 8.00. The third kappa shape index (κ3) is 3.30. The highest BCUT2D eigenvalue weighted by Crippen LogP contribution is 2.28.